The fourth-order valence-corrected chi connectivity index (χ4v) is 18.4. The Kier molecular flexibility index (Phi) is 13.1. The number of rotatable bonds is 5. The molecular formula is C47H54Cl4Zr. The van der Waals surface area contributed by atoms with Crippen LogP contribution in [0.25, 0.3) is 11.1 Å². The Morgan fingerprint density at radius 1 is 0.615 bits per heavy atom. The molecule has 2 aliphatic carbocycles. The molecule has 1 atom stereocenters. The molecular weight excluding hydrogens is 798 g/mol. The molecule has 0 heterocycles. The van der Waals surface area contributed by atoms with E-state index in [-0.39, 0.29) is 41.1 Å². The molecule has 0 saturated carbocycles. The van der Waals surface area contributed by atoms with E-state index in [1.54, 1.807) is 3.28 Å². The molecule has 4 aromatic carbocycles. The van der Waals surface area contributed by atoms with Gasteiger partial charge in [-0.25, -0.2) is 0 Å². The smallest absolute Gasteiger partial charge is 1.00 e. The van der Waals surface area contributed by atoms with E-state index in [0.717, 1.165) is 16.5 Å². The normalized spacial score (nSPS) is 15.4. The summed E-state index contributed by atoms with van der Waals surface area (Å²) in [7, 11) is 0. The van der Waals surface area contributed by atoms with Crippen molar-refractivity contribution >= 4 is 26.4 Å². The van der Waals surface area contributed by atoms with Gasteiger partial charge in [-0.3, -0.25) is 0 Å². The van der Waals surface area contributed by atoms with Gasteiger partial charge in [0.15, 0.2) is 0 Å². The molecule has 274 valence electrons. The average molecular weight is 852 g/mol. The van der Waals surface area contributed by atoms with Gasteiger partial charge in [0.05, 0.1) is 0 Å². The second-order valence-corrected chi connectivity index (χ2v) is 24.7. The van der Waals surface area contributed by atoms with E-state index in [4.69, 9.17) is 23.2 Å². The zero-order valence-electron chi connectivity index (χ0n) is 33.0. The Morgan fingerprint density at radius 2 is 1.02 bits per heavy atom. The zero-order chi connectivity index (χ0) is 36.5. The molecule has 1 unspecified atom stereocenters. The van der Waals surface area contributed by atoms with Crippen LogP contribution in [0.3, 0.4) is 0 Å². The van der Waals surface area contributed by atoms with Gasteiger partial charge in [-0.15, -0.1) is 0 Å². The van der Waals surface area contributed by atoms with Gasteiger partial charge in [0.1, 0.15) is 0 Å². The average Bonchev–Trinajstić information content (AvgIpc) is 3.58. The molecule has 0 aromatic heterocycles. The Labute approximate surface area is 344 Å². The van der Waals surface area contributed by atoms with Crippen LogP contribution in [0.4, 0.5) is 0 Å². The van der Waals surface area contributed by atoms with E-state index in [0.29, 0.717) is 9.54 Å². The van der Waals surface area contributed by atoms with Gasteiger partial charge in [0.25, 0.3) is 0 Å². The summed E-state index contributed by atoms with van der Waals surface area (Å²) in [5.74, 6) is 0.422. The minimum Gasteiger partial charge on any atom is -1.00 e. The van der Waals surface area contributed by atoms with E-state index in [1.807, 2.05) is 0 Å². The summed E-state index contributed by atoms with van der Waals surface area (Å²) in [6, 6.07) is 27.6. The van der Waals surface area contributed by atoms with Crippen molar-refractivity contribution in [3.63, 3.8) is 0 Å². The van der Waals surface area contributed by atoms with Gasteiger partial charge >= 0.3 is 322 Å². The van der Waals surface area contributed by atoms with Crippen molar-refractivity contribution < 1.29 is 46.1 Å². The van der Waals surface area contributed by atoms with Gasteiger partial charge in [0.2, 0.25) is 0 Å². The van der Waals surface area contributed by atoms with E-state index < -0.39 is 21.3 Å². The topological polar surface area (TPSA) is 0 Å². The molecule has 5 heteroatoms. The summed E-state index contributed by atoms with van der Waals surface area (Å²) in [4.78, 5) is 0. The van der Waals surface area contributed by atoms with Crippen LogP contribution < -0.4 is 24.8 Å². The first-order valence-corrected chi connectivity index (χ1v) is 22.9. The van der Waals surface area contributed by atoms with E-state index in [2.05, 4.69) is 168 Å². The molecule has 6 rings (SSSR count). The van der Waals surface area contributed by atoms with Crippen molar-refractivity contribution in [1.29, 1.82) is 0 Å². The van der Waals surface area contributed by atoms with Gasteiger partial charge in [0, 0.05) is 0 Å². The first-order chi connectivity index (χ1) is 23.3. The van der Waals surface area contributed by atoms with Crippen LogP contribution in [-0.2, 0) is 32.1 Å². The van der Waals surface area contributed by atoms with Crippen LogP contribution in [0.15, 0.2) is 93.8 Å². The third kappa shape index (κ3) is 8.26. The van der Waals surface area contributed by atoms with Gasteiger partial charge in [-0.1, -0.05) is 0 Å². The monoisotopic (exact) mass is 848 g/mol. The number of hydrogen-bond acceptors (Lipinski definition) is 0. The quantitative estimate of drug-likeness (QED) is 0.191. The Morgan fingerprint density at radius 3 is 1.37 bits per heavy atom. The number of benzene rings is 4. The summed E-state index contributed by atoms with van der Waals surface area (Å²) in [5.41, 5.74) is 15.8. The number of fused-ring (bicyclic) bond motifs is 3. The molecule has 52 heavy (non-hydrogen) atoms. The van der Waals surface area contributed by atoms with Crippen molar-refractivity contribution in [2.24, 2.45) is 11.3 Å². The van der Waals surface area contributed by atoms with Crippen molar-refractivity contribution in [3.05, 3.63) is 148 Å². The summed E-state index contributed by atoms with van der Waals surface area (Å²) in [6.45, 7) is 28.3. The largest absolute Gasteiger partial charge is 1.00 e. The fraction of sp³-hybridized carbons (Fsp3) is 0.383. The summed E-state index contributed by atoms with van der Waals surface area (Å²) < 4.78 is 3.53. The zero-order valence-corrected chi connectivity index (χ0v) is 38.4. The molecule has 0 N–H and O–H groups in total. The predicted octanol–water partition coefficient (Wildman–Crippen LogP) is 8.07. The summed E-state index contributed by atoms with van der Waals surface area (Å²) in [5, 5.41) is 1.54. The minimum absolute atomic E-state index is 0. The molecule has 0 aliphatic heterocycles. The fourth-order valence-electron chi connectivity index (χ4n) is 8.38. The molecule has 0 fully saturated rings. The molecule has 0 spiro atoms. The van der Waals surface area contributed by atoms with Crippen LogP contribution in [0.1, 0.15) is 124 Å². The molecule has 0 radical (unpaired) electrons. The van der Waals surface area contributed by atoms with Crippen LogP contribution in [-0.4, -0.2) is 3.21 Å². The Hall–Kier alpha value is -1.73. The van der Waals surface area contributed by atoms with Crippen LogP contribution in [0, 0.1) is 25.2 Å². The summed E-state index contributed by atoms with van der Waals surface area (Å²) >= 11 is 10.1. The number of aryl methyl sites for hydroxylation is 2. The molecule has 0 saturated heterocycles. The van der Waals surface area contributed by atoms with Crippen LogP contribution >= 0.6 is 23.2 Å². The molecule has 0 amide bonds. The third-order valence-electron chi connectivity index (χ3n) is 10.9. The molecule has 0 bridgehead atoms. The van der Waals surface area contributed by atoms with Gasteiger partial charge < -0.3 is 24.8 Å². The SMILES string of the molecule is CCC1C=C(C(C)(C)C)C=[C]1[Zr+2](=[C](c1ccc(Cl)cc1)c1ccc(Cl)cc1)[CH]1c2cc(C)c(C(C)(C)C)cc2-c2cc(C(C)(C)C)c(C)cc21.[Cl-].[Cl-]. The molecule has 4 aromatic rings. The number of halogens is 4. The second-order valence-electron chi connectivity index (χ2n) is 17.7. The minimum atomic E-state index is -3.02. The van der Waals surface area contributed by atoms with E-state index in [9.17, 15) is 0 Å². The van der Waals surface area contributed by atoms with Gasteiger partial charge in [-0.05, 0) is 0 Å². The Bertz CT molecular complexity index is 1940. The third-order valence-corrected chi connectivity index (χ3v) is 19.8. The first-order valence-electron chi connectivity index (χ1n) is 18.3. The summed E-state index contributed by atoms with van der Waals surface area (Å²) in [6.07, 6.45) is 6.36. The van der Waals surface area contributed by atoms with Crippen LogP contribution in [0.2, 0.25) is 10.0 Å². The number of allylic oxidation sites excluding steroid dienone is 4. The maximum atomic E-state index is 6.57. The van der Waals surface area contributed by atoms with Gasteiger partial charge in [-0.2, -0.15) is 0 Å². The maximum Gasteiger partial charge on any atom is -1.00 e. The van der Waals surface area contributed by atoms with Crippen LogP contribution in [0.5, 0.6) is 0 Å². The number of hydrogen-bond donors (Lipinski definition) is 0. The van der Waals surface area contributed by atoms with E-state index >= 15 is 0 Å². The Balaban J connectivity index is 0.00000302. The molecule has 0 nitrogen and oxygen atoms in total. The standard InChI is InChI=1S/C23H29.C13H8Cl2.C11H17.2ClH.Zr/c1-14-9-16-11-17-10-15(2)21(23(6,7)8)13-19(17)18(16)12-20(14)22(3,4)5;14-12-5-1-10(2-6-12)9-11-3-7-13(15)8-4-11;1-5-9-6-7-10(8-9)11(2,3)4;;;/h9-13H,1-8H3;1-8H;7-9H,5H2,1-4H3;2*1H;/q;;;;;+2/p-2. The van der Waals surface area contributed by atoms with Crippen molar-refractivity contribution in [3.8, 4) is 11.1 Å². The first kappa shape index (κ1) is 43.0. The predicted molar refractivity (Wildman–Crippen MR) is 216 cm³/mol. The van der Waals surface area contributed by atoms with E-state index in [1.165, 1.54) is 64.4 Å². The van der Waals surface area contributed by atoms with Crippen molar-refractivity contribution in [2.75, 3.05) is 0 Å². The second kappa shape index (κ2) is 15.8. The molecule has 2 aliphatic rings. The van der Waals surface area contributed by atoms with Crippen molar-refractivity contribution in [1.82, 2.24) is 0 Å². The van der Waals surface area contributed by atoms with Crippen molar-refractivity contribution in [2.45, 2.75) is 104 Å². The maximum absolute atomic E-state index is 6.57.